The maximum absolute atomic E-state index is 8.28. The van der Waals surface area contributed by atoms with Gasteiger partial charge in [-0.2, -0.15) is 0 Å². The molecule has 0 aliphatic carbocycles. The summed E-state index contributed by atoms with van der Waals surface area (Å²) in [5.74, 6) is 0. The van der Waals surface area contributed by atoms with E-state index in [0.29, 0.717) is 0 Å². The van der Waals surface area contributed by atoms with Gasteiger partial charge in [-0.05, 0) is 14.1 Å². The second kappa shape index (κ2) is 13.5. The van der Waals surface area contributed by atoms with E-state index in [1.165, 1.54) is 7.06 Å². The third kappa shape index (κ3) is 7.82. The van der Waals surface area contributed by atoms with Gasteiger partial charge in [-0.25, -0.2) is 0 Å². The second-order valence-electron chi connectivity index (χ2n) is 6.55. The van der Waals surface area contributed by atoms with Crippen LogP contribution in [0.5, 0.6) is 0 Å². The Morgan fingerprint density at radius 2 is 0.962 bits per heavy atom. The second-order valence-corrected chi connectivity index (χ2v) is 7.11. The molecule has 0 fully saturated rings. The van der Waals surface area contributed by atoms with Crippen LogP contribution in [0, 0.1) is 0 Å². The van der Waals surface area contributed by atoms with Gasteiger partial charge in [0.2, 0.25) is 0 Å². The monoisotopic (exact) mass is 408 g/mol. The molecule has 0 heterocycles. The summed E-state index contributed by atoms with van der Waals surface area (Å²) in [6, 6.07) is 0. The van der Waals surface area contributed by atoms with Crippen LogP contribution in [0.4, 0.5) is 0 Å². The molecule has 0 bridgehead atoms. The number of rotatable bonds is 12. The standard InChI is InChI=1S/B24HIN/c1-13-19(12)22(18(10)11)24(26-25)23(20(14(2)3)15(4)5)21(16(6)7)17(8)9/h26H/q-1/i/hT. The molecule has 86 valence electrons. The van der Waals surface area contributed by atoms with Gasteiger partial charge in [-0.3, -0.25) is 7.06 Å². The number of nitrogens with one attached hydrogen (secondary N) is 1. The van der Waals surface area contributed by atoms with Gasteiger partial charge >= 0.3 is 0 Å². The van der Waals surface area contributed by atoms with Crippen molar-refractivity contribution >= 4 is 193 Å². The number of hydrogen-bond acceptors (Lipinski definition) is 1. The molecule has 0 amide bonds. The third-order valence-electron chi connectivity index (χ3n) is 4.68. The van der Waals surface area contributed by atoms with E-state index in [4.69, 9.17) is 94.3 Å². The lowest BCUT2D eigenvalue weighted by molar-refractivity contribution is 1.79. The number of hydrogen-bond donors (Lipinski definition) is 1. The van der Waals surface area contributed by atoms with Crippen molar-refractivity contribution in [3.8, 4) is 0 Å². The van der Waals surface area contributed by atoms with Crippen LogP contribution in [0.3, 0.4) is 0 Å². The van der Waals surface area contributed by atoms with Gasteiger partial charge in [0.25, 0.3) is 0 Å². The summed E-state index contributed by atoms with van der Waals surface area (Å²) >= 11 is 1.73. The first-order valence-electron chi connectivity index (χ1n) is 8.54. The highest BCUT2D eigenvalue weighted by atomic mass is 127. The number of halogens is 1. The molecule has 26 heavy (non-hydrogen) atoms. The van der Waals surface area contributed by atoms with Gasteiger partial charge in [0.15, 0.2) is 0 Å². The van der Waals surface area contributed by atoms with Gasteiger partial charge in [0.05, 0.1) is 0 Å². The van der Waals surface area contributed by atoms with Crippen LogP contribution in [0.1, 0.15) is 0 Å². The Morgan fingerprint density at radius 3 is 1.15 bits per heavy atom. The van der Waals surface area contributed by atoms with Gasteiger partial charge in [-0.15, -0.1) is 0 Å². The molecular formula is HB24IN-. The molecule has 0 aromatic carbocycles. The Balaban J connectivity index is 6.61. The quantitative estimate of drug-likeness (QED) is 0.194. The van der Waals surface area contributed by atoms with Gasteiger partial charge in [0, 0.05) is 158 Å². The minimum Gasteiger partial charge on any atom is -0.690 e. The fourth-order valence-electron chi connectivity index (χ4n) is 3.48. The lowest BCUT2D eigenvalue weighted by Crippen LogP contribution is -2.85. The molecule has 26 radical (unpaired) electrons. The van der Waals surface area contributed by atoms with Crippen molar-refractivity contribution < 1.29 is 1.41 Å². The largest absolute Gasteiger partial charge is 0.690 e. The molecule has 0 aromatic rings. The third-order valence-corrected chi connectivity index (χ3v) is 5.32. The molecule has 1 N–H and O–H groups in total. The highest BCUT2D eigenvalue weighted by Crippen LogP contribution is 2.10. The first-order chi connectivity index (χ1) is 12.3. The summed E-state index contributed by atoms with van der Waals surface area (Å²) in [4.78, 5) is 0. The minimum atomic E-state index is -0.999. The molecule has 0 saturated heterocycles. The molecule has 0 unspecified atom stereocenters. The maximum atomic E-state index is 8.28. The summed E-state index contributed by atoms with van der Waals surface area (Å²) in [6.07, 6.45) is -8.85. The van der Waals surface area contributed by atoms with E-state index in [9.17, 15) is 0 Å². The first-order valence-corrected chi connectivity index (χ1v) is 9.06. The summed E-state index contributed by atoms with van der Waals surface area (Å²) < 4.78 is 9.35. The predicted molar refractivity (Wildman–Crippen MR) is 155 cm³/mol. The average molecular weight is 403 g/mol. The highest BCUT2D eigenvalue weighted by Gasteiger charge is 2.49. The minimum absolute atomic E-state index is 0.741. The fourth-order valence-corrected chi connectivity index (χ4v) is 4.22. The van der Waals surface area contributed by atoms with E-state index in [-0.39, 0.29) is 0 Å². The zero-order valence-electron chi connectivity index (χ0n) is 15.7. The van der Waals surface area contributed by atoms with Crippen LogP contribution in [0.15, 0.2) is 0 Å². The SMILES string of the molecule is [3H]N(I)B(B(B([B])[B])B([B])[B][B-])B(B(B([B])[B])B([B])[B])B(B([B])[B])B([B])[B]. The summed E-state index contributed by atoms with van der Waals surface area (Å²) in [5, 5.41) is 0. The predicted octanol–water partition coefficient (Wildman–Crippen LogP) is -8.75. The van der Waals surface area contributed by atoms with E-state index in [0.717, 1.165) is 3.43 Å². The highest BCUT2D eigenvalue weighted by molar-refractivity contribution is 14.1. The summed E-state index contributed by atoms with van der Waals surface area (Å²) in [6.45, 7) is -0.830. The molecule has 0 rings (SSSR count). The van der Waals surface area contributed by atoms with Crippen molar-refractivity contribution in [2.45, 2.75) is 0 Å². The van der Waals surface area contributed by atoms with Gasteiger partial charge < -0.3 is 11.2 Å². The van der Waals surface area contributed by atoms with Crippen molar-refractivity contribution in [3.63, 3.8) is 0 Å². The summed E-state index contributed by atoms with van der Waals surface area (Å²) in [7, 11) is 72.4. The van der Waals surface area contributed by atoms with Crippen LogP contribution in [-0.2, 0) is 0 Å². The molecule has 0 atom stereocenters. The molecule has 0 aliphatic heterocycles. The van der Waals surface area contributed by atoms with Gasteiger partial charge in [0.1, 0.15) is 8.04 Å². The van der Waals surface area contributed by atoms with Crippen molar-refractivity contribution in [1.29, 1.82) is 0 Å². The topological polar surface area (TPSA) is 12.0 Å². The van der Waals surface area contributed by atoms with Crippen molar-refractivity contribution in [1.82, 2.24) is 3.43 Å². The van der Waals surface area contributed by atoms with Gasteiger partial charge in [-0.1, -0.05) is 0 Å². The lowest BCUT2D eigenvalue weighted by Gasteiger charge is -2.45. The van der Waals surface area contributed by atoms with Crippen LogP contribution in [0.25, 0.3) is 0 Å². The Labute approximate surface area is 196 Å². The molecule has 0 aliphatic rings. The Bertz CT molecular complexity index is 356. The molecule has 1 nitrogen and oxygen atoms in total. The molecule has 0 aromatic heterocycles. The Morgan fingerprint density at radius 1 is 0.654 bits per heavy atom. The van der Waals surface area contributed by atoms with Crippen molar-refractivity contribution in [3.05, 3.63) is 0 Å². The zero-order chi connectivity index (χ0) is 21.6. The van der Waals surface area contributed by atoms with Crippen LogP contribution < -0.4 is 3.43 Å². The van der Waals surface area contributed by atoms with Crippen LogP contribution in [0.2, 0.25) is 1.41 Å². The lowest BCUT2D eigenvalue weighted by atomic mass is 8.39. The Kier molecular flexibility index (Phi) is 13.7. The maximum Gasteiger partial charge on any atom is 0.129 e. The zero-order valence-corrected chi connectivity index (χ0v) is 16.8. The van der Waals surface area contributed by atoms with Crippen LogP contribution in [-0.4, -0.2) is 170 Å². The van der Waals surface area contributed by atoms with Crippen LogP contribution >= 0.6 is 22.9 Å². The molecular weight excluding hydrogens is 400 g/mol. The van der Waals surface area contributed by atoms with E-state index < -0.39 is 70.5 Å². The molecule has 26 heteroatoms. The average Bonchev–Trinajstić information content (AvgIpc) is 2.48. The van der Waals surface area contributed by atoms with E-state index in [1.807, 2.05) is 0 Å². The van der Waals surface area contributed by atoms with E-state index >= 15 is 0 Å². The van der Waals surface area contributed by atoms with Crippen molar-refractivity contribution in [2.24, 2.45) is 0 Å². The fraction of sp³-hybridized carbons (Fsp3) is 0. The molecule has 0 spiro atoms. The van der Waals surface area contributed by atoms with Crippen molar-refractivity contribution in [2.75, 3.05) is 0 Å². The first kappa shape index (κ1) is 26.3. The Hall–Kier alpha value is 2.25. The normalized spacial score (nSPS) is 10.2. The van der Waals surface area contributed by atoms with E-state index in [2.05, 4.69) is 0 Å². The van der Waals surface area contributed by atoms with E-state index in [1.54, 1.807) is 22.9 Å². The molecule has 0 saturated carbocycles. The smallest absolute Gasteiger partial charge is 0.129 e. The summed E-state index contributed by atoms with van der Waals surface area (Å²) in [5.41, 5.74) is 0.